The fourth-order valence-electron chi connectivity index (χ4n) is 0.509. The number of hydrogen-bond donors (Lipinski definition) is 2. The maximum atomic E-state index is 10.1. The zero-order valence-electron chi connectivity index (χ0n) is 9.79. The van der Waals surface area contributed by atoms with E-state index in [4.69, 9.17) is 10.8 Å². The van der Waals surface area contributed by atoms with Crippen LogP contribution in [0.15, 0.2) is 4.99 Å². The smallest absolute Gasteiger partial charge is 0.305 e. The molecule has 14 heavy (non-hydrogen) atoms. The second-order valence-electron chi connectivity index (χ2n) is 3.66. The standard InChI is InChI=1S/C8H16N2O2.C2H6/c1-8(2,3)7(9)10-5-4-6(11)12;1-2/h4-5H2,1-3H3,(H2,9,10)(H,11,12);1-2H3. The number of carbonyl (C=O) groups is 1. The van der Waals surface area contributed by atoms with Crippen LogP contribution in [0.25, 0.3) is 0 Å². The van der Waals surface area contributed by atoms with Gasteiger partial charge >= 0.3 is 5.97 Å². The second kappa shape index (κ2) is 7.35. The highest BCUT2D eigenvalue weighted by Gasteiger charge is 2.14. The molecule has 0 atom stereocenters. The first-order valence-corrected chi connectivity index (χ1v) is 4.86. The lowest BCUT2D eigenvalue weighted by Gasteiger charge is -2.16. The summed E-state index contributed by atoms with van der Waals surface area (Å²) in [7, 11) is 0. The molecular weight excluding hydrogens is 180 g/mol. The lowest BCUT2D eigenvalue weighted by molar-refractivity contribution is -0.136. The van der Waals surface area contributed by atoms with E-state index in [9.17, 15) is 4.79 Å². The van der Waals surface area contributed by atoms with Gasteiger partial charge in [0.15, 0.2) is 0 Å². The van der Waals surface area contributed by atoms with Gasteiger partial charge in [0.05, 0.1) is 18.8 Å². The molecule has 84 valence electrons. The Morgan fingerprint density at radius 3 is 2.07 bits per heavy atom. The minimum atomic E-state index is -0.847. The quantitative estimate of drug-likeness (QED) is 0.542. The van der Waals surface area contributed by atoms with Crippen molar-refractivity contribution in [2.24, 2.45) is 16.1 Å². The van der Waals surface area contributed by atoms with Crippen molar-refractivity contribution < 1.29 is 9.90 Å². The second-order valence-corrected chi connectivity index (χ2v) is 3.66. The van der Waals surface area contributed by atoms with E-state index in [2.05, 4.69) is 4.99 Å². The minimum Gasteiger partial charge on any atom is -0.481 e. The van der Waals surface area contributed by atoms with Gasteiger partial charge in [-0.05, 0) is 0 Å². The Morgan fingerprint density at radius 1 is 1.36 bits per heavy atom. The van der Waals surface area contributed by atoms with Crippen molar-refractivity contribution in [3.63, 3.8) is 0 Å². The number of rotatable bonds is 3. The Morgan fingerprint density at radius 2 is 1.79 bits per heavy atom. The van der Waals surface area contributed by atoms with Gasteiger partial charge in [0.2, 0.25) is 0 Å². The van der Waals surface area contributed by atoms with E-state index in [1.165, 1.54) is 0 Å². The molecule has 0 aliphatic carbocycles. The van der Waals surface area contributed by atoms with E-state index in [1.54, 1.807) is 0 Å². The summed E-state index contributed by atoms with van der Waals surface area (Å²) in [6.07, 6.45) is 0.0385. The summed E-state index contributed by atoms with van der Waals surface area (Å²) in [4.78, 5) is 14.1. The molecule has 0 saturated heterocycles. The van der Waals surface area contributed by atoms with Gasteiger partial charge in [-0.2, -0.15) is 0 Å². The number of nitrogens with zero attached hydrogens (tertiary/aromatic N) is 1. The molecule has 0 amide bonds. The first kappa shape index (κ1) is 15.4. The number of carboxylic acids is 1. The van der Waals surface area contributed by atoms with Gasteiger partial charge in [0.1, 0.15) is 0 Å². The molecule has 0 heterocycles. The van der Waals surface area contributed by atoms with E-state index in [0.29, 0.717) is 5.84 Å². The van der Waals surface area contributed by atoms with E-state index < -0.39 is 5.97 Å². The fourth-order valence-corrected chi connectivity index (χ4v) is 0.509. The maximum Gasteiger partial charge on any atom is 0.305 e. The van der Waals surface area contributed by atoms with Gasteiger partial charge < -0.3 is 10.8 Å². The molecule has 0 aromatic rings. The van der Waals surface area contributed by atoms with Crippen LogP contribution in [0.1, 0.15) is 41.0 Å². The third kappa shape index (κ3) is 9.03. The van der Waals surface area contributed by atoms with Crippen molar-refractivity contribution in [1.82, 2.24) is 0 Å². The summed E-state index contributed by atoms with van der Waals surface area (Å²) >= 11 is 0. The molecule has 0 saturated carbocycles. The first-order chi connectivity index (χ1) is 6.34. The fraction of sp³-hybridized carbons (Fsp3) is 0.800. The molecular formula is C10H22N2O2. The van der Waals surface area contributed by atoms with Gasteiger partial charge in [-0.1, -0.05) is 34.6 Å². The zero-order chi connectivity index (χ0) is 11.8. The number of amidine groups is 1. The summed E-state index contributed by atoms with van der Waals surface area (Å²) in [5.74, 6) is -0.343. The van der Waals surface area contributed by atoms with Crippen molar-refractivity contribution in [3.8, 4) is 0 Å². The molecule has 0 aromatic carbocycles. The first-order valence-electron chi connectivity index (χ1n) is 4.86. The van der Waals surface area contributed by atoms with E-state index in [-0.39, 0.29) is 18.4 Å². The van der Waals surface area contributed by atoms with Crippen molar-refractivity contribution in [1.29, 1.82) is 0 Å². The maximum absolute atomic E-state index is 10.1. The Kier molecular flexibility index (Phi) is 8.10. The summed E-state index contributed by atoms with van der Waals surface area (Å²) in [5.41, 5.74) is 5.43. The lowest BCUT2D eigenvalue weighted by atomic mass is 9.95. The van der Waals surface area contributed by atoms with Crippen LogP contribution >= 0.6 is 0 Å². The molecule has 0 aliphatic rings. The van der Waals surface area contributed by atoms with Gasteiger partial charge in [0, 0.05) is 5.41 Å². The van der Waals surface area contributed by atoms with Crippen LogP contribution in [0.2, 0.25) is 0 Å². The highest BCUT2D eigenvalue weighted by molar-refractivity contribution is 5.85. The third-order valence-electron chi connectivity index (χ3n) is 1.38. The predicted molar refractivity (Wildman–Crippen MR) is 59.5 cm³/mol. The summed E-state index contributed by atoms with van der Waals surface area (Å²) in [6.45, 7) is 10.1. The van der Waals surface area contributed by atoms with Gasteiger partial charge in [0.25, 0.3) is 0 Å². The Bertz CT molecular complexity index is 193. The number of nitrogens with two attached hydrogens (primary N) is 1. The number of aliphatic imine (C=N–C) groups is 1. The topological polar surface area (TPSA) is 75.7 Å². The normalized spacial score (nSPS) is 11.6. The summed E-state index contributed by atoms with van der Waals surface area (Å²) in [5, 5.41) is 8.32. The predicted octanol–water partition coefficient (Wildman–Crippen LogP) is 1.89. The number of aliphatic carboxylic acids is 1. The van der Waals surface area contributed by atoms with Crippen LogP contribution < -0.4 is 5.73 Å². The van der Waals surface area contributed by atoms with Crippen LogP contribution in [-0.4, -0.2) is 23.5 Å². The highest BCUT2D eigenvalue weighted by Crippen LogP contribution is 2.12. The van der Waals surface area contributed by atoms with Gasteiger partial charge in [-0.25, -0.2) is 0 Å². The number of carboxylic acid groups (broad SMARTS) is 1. The Balaban J connectivity index is 0. The van der Waals surface area contributed by atoms with Gasteiger partial charge in [-0.3, -0.25) is 9.79 Å². The Hall–Kier alpha value is -1.06. The monoisotopic (exact) mass is 202 g/mol. The molecule has 0 spiro atoms. The van der Waals surface area contributed by atoms with Crippen molar-refractivity contribution in [3.05, 3.63) is 0 Å². The van der Waals surface area contributed by atoms with Crippen LogP contribution in [0.5, 0.6) is 0 Å². The molecule has 4 nitrogen and oxygen atoms in total. The molecule has 0 rings (SSSR count). The van der Waals surface area contributed by atoms with Crippen LogP contribution in [0.3, 0.4) is 0 Å². The Labute approximate surface area is 86.2 Å². The molecule has 0 bridgehead atoms. The van der Waals surface area contributed by atoms with Crippen molar-refractivity contribution in [2.75, 3.05) is 6.54 Å². The molecule has 0 aromatic heterocycles. The van der Waals surface area contributed by atoms with Crippen LogP contribution in [0.4, 0.5) is 0 Å². The number of hydrogen-bond acceptors (Lipinski definition) is 2. The molecule has 0 aliphatic heterocycles. The van der Waals surface area contributed by atoms with Crippen LogP contribution in [-0.2, 0) is 4.79 Å². The zero-order valence-corrected chi connectivity index (χ0v) is 9.79. The SMILES string of the molecule is CC.CC(C)(C)C(N)=NCCC(=O)O. The van der Waals surface area contributed by atoms with Gasteiger partial charge in [-0.15, -0.1) is 0 Å². The average Bonchev–Trinajstić information content (AvgIpc) is 2.05. The van der Waals surface area contributed by atoms with Crippen molar-refractivity contribution in [2.45, 2.75) is 41.0 Å². The average molecular weight is 202 g/mol. The van der Waals surface area contributed by atoms with E-state index in [1.807, 2.05) is 34.6 Å². The summed E-state index contributed by atoms with van der Waals surface area (Å²) in [6, 6.07) is 0. The van der Waals surface area contributed by atoms with E-state index in [0.717, 1.165) is 0 Å². The molecule has 4 heteroatoms. The molecule has 0 fully saturated rings. The molecule has 3 N–H and O–H groups in total. The summed E-state index contributed by atoms with van der Waals surface area (Å²) < 4.78 is 0. The van der Waals surface area contributed by atoms with E-state index >= 15 is 0 Å². The minimum absolute atomic E-state index is 0.0385. The lowest BCUT2D eigenvalue weighted by Crippen LogP contribution is -2.29. The molecule has 0 radical (unpaired) electrons. The molecule has 0 unspecified atom stereocenters. The largest absolute Gasteiger partial charge is 0.481 e. The van der Waals surface area contributed by atoms with Crippen LogP contribution in [0, 0.1) is 5.41 Å². The van der Waals surface area contributed by atoms with Crippen molar-refractivity contribution >= 4 is 11.8 Å². The highest BCUT2D eigenvalue weighted by atomic mass is 16.4. The third-order valence-corrected chi connectivity index (χ3v) is 1.38.